The van der Waals surface area contributed by atoms with E-state index < -0.39 is 0 Å². The highest BCUT2D eigenvalue weighted by molar-refractivity contribution is 5.62. The normalized spacial score (nSPS) is 10.5. The molecule has 7 nitrogen and oxygen atoms in total. The Morgan fingerprint density at radius 3 is 2.19 bits per heavy atom. The summed E-state index contributed by atoms with van der Waals surface area (Å²) in [6, 6.07) is 11.4. The van der Waals surface area contributed by atoms with Crippen molar-refractivity contribution < 1.29 is 19.3 Å². The minimum Gasteiger partial charge on any atom is -0.502 e. The summed E-state index contributed by atoms with van der Waals surface area (Å²) >= 11 is 0. The van der Waals surface area contributed by atoms with Crippen LogP contribution in [0.2, 0.25) is 0 Å². The second kappa shape index (κ2) is 7.90. The van der Waals surface area contributed by atoms with E-state index in [1.807, 2.05) is 42.1 Å². The van der Waals surface area contributed by atoms with Crippen molar-refractivity contribution in [2.45, 2.75) is 6.54 Å². The van der Waals surface area contributed by atoms with Gasteiger partial charge in [0, 0.05) is 19.2 Å². The van der Waals surface area contributed by atoms with Crippen LogP contribution in [0.3, 0.4) is 0 Å². The molecule has 0 aliphatic rings. The topological polar surface area (TPSA) is 77.8 Å². The summed E-state index contributed by atoms with van der Waals surface area (Å²) in [5.41, 5.74) is 2.93. The number of aromatic nitrogens is 2. The number of ether oxygens (including phenoxy) is 3. The SMILES string of the molecule is COc1ccc(-c2cnc(NCc3cc(OC)c(O)c(OC)c3)n2C)cc1. The summed E-state index contributed by atoms with van der Waals surface area (Å²) in [7, 11) is 6.61. The van der Waals surface area contributed by atoms with Gasteiger partial charge in [-0.3, -0.25) is 0 Å². The first-order valence-electron chi connectivity index (χ1n) is 8.41. The van der Waals surface area contributed by atoms with Gasteiger partial charge >= 0.3 is 0 Å². The highest BCUT2D eigenvalue weighted by Gasteiger charge is 2.13. The minimum absolute atomic E-state index is 0.0115. The van der Waals surface area contributed by atoms with Crippen molar-refractivity contribution in [2.75, 3.05) is 26.6 Å². The first kappa shape index (κ1) is 18.4. The number of phenolic OH excluding ortho intramolecular Hbond substituents is 1. The molecule has 27 heavy (non-hydrogen) atoms. The van der Waals surface area contributed by atoms with Gasteiger partial charge in [0.15, 0.2) is 11.5 Å². The van der Waals surface area contributed by atoms with Gasteiger partial charge in [0.25, 0.3) is 0 Å². The number of benzene rings is 2. The van der Waals surface area contributed by atoms with E-state index in [2.05, 4.69) is 10.3 Å². The Balaban J connectivity index is 1.78. The molecule has 2 N–H and O–H groups in total. The number of nitrogens with one attached hydrogen (secondary N) is 1. The molecule has 1 heterocycles. The summed E-state index contributed by atoms with van der Waals surface area (Å²) in [6.45, 7) is 0.500. The Hall–Kier alpha value is -3.35. The van der Waals surface area contributed by atoms with Crippen molar-refractivity contribution in [3.05, 3.63) is 48.2 Å². The van der Waals surface area contributed by atoms with Gasteiger partial charge in [0.1, 0.15) is 5.75 Å². The third kappa shape index (κ3) is 3.76. The summed E-state index contributed by atoms with van der Waals surface area (Å²) in [4.78, 5) is 4.46. The van der Waals surface area contributed by atoms with Crippen LogP contribution in [0, 0.1) is 0 Å². The van der Waals surface area contributed by atoms with Crippen LogP contribution in [0.4, 0.5) is 5.95 Å². The van der Waals surface area contributed by atoms with Crippen LogP contribution in [0.1, 0.15) is 5.56 Å². The monoisotopic (exact) mass is 369 g/mol. The third-order valence-corrected chi connectivity index (χ3v) is 4.36. The van der Waals surface area contributed by atoms with Crippen LogP contribution in [0.25, 0.3) is 11.3 Å². The lowest BCUT2D eigenvalue weighted by Gasteiger charge is -2.12. The molecule has 0 saturated heterocycles. The largest absolute Gasteiger partial charge is 0.502 e. The zero-order chi connectivity index (χ0) is 19.4. The molecule has 142 valence electrons. The number of hydrogen-bond donors (Lipinski definition) is 2. The first-order chi connectivity index (χ1) is 13.1. The van der Waals surface area contributed by atoms with E-state index in [1.165, 1.54) is 14.2 Å². The zero-order valence-corrected chi connectivity index (χ0v) is 15.8. The van der Waals surface area contributed by atoms with Crippen molar-refractivity contribution in [3.8, 4) is 34.3 Å². The van der Waals surface area contributed by atoms with E-state index in [0.29, 0.717) is 18.0 Å². The fourth-order valence-electron chi connectivity index (χ4n) is 2.83. The quantitative estimate of drug-likeness (QED) is 0.664. The van der Waals surface area contributed by atoms with Gasteiger partial charge in [-0.25, -0.2) is 4.98 Å². The summed E-state index contributed by atoms with van der Waals surface area (Å²) in [5, 5.41) is 13.3. The van der Waals surface area contributed by atoms with Gasteiger partial charge in [-0.15, -0.1) is 0 Å². The molecule has 0 radical (unpaired) electrons. The highest BCUT2D eigenvalue weighted by Crippen LogP contribution is 2.37. The Labute approximate surface area is 158 Å². The molecule has 0 atom stereocenters. The Morgan fingerprint density at radius 2 is 1.63 bits per heavy atom. The summed E-state index contributed by atoms with van der Waals surface area (Å²) in [6.07, 6.45) is 1.82. The molecular weight excluding hydrogens is 346 g/mol. The van der Waals surface area contributed by atoms with E-state index >= 15 is 0 Å². The molecule has 0 aliphatic carbocycles. The Bertz CT molecular complexity index is 894. The molecule has 1 aromatic heterocycles. The average Bonchev–Trinajstić information content (AvgIpc) is 3.07. The predicted molar refractivity (Wildman–Crippen MR) is 104 cm³/mol. The van der Waals surface area contributed by atoms with E-state index in [9.17, 15) is 5.11 Å². The summed E-state index contributed by atoms with van der Waals surface area (Å²) in [5.74, 6) is 2.26. The maximum absolute atomic E-state index is 10.0. The van der Waals surface area contributed by atoms with Crippen molar-refractivity contribution in [3.63, 3.8) is 0 Å². The van der Waals surface area contributed by atoms with Gasteiger partial charge in [0.05, 0.1) is 33.2 Å². The molecule has 0 fully saturated rings. The smallest absolute Gasteiger partial charge is 0.203 e. The number of imidazole rings is 1. The Kier molecular flexibility index (Phi) is 5.40. The van der Waals surface area contributed by atoms with Gasteiger partial charge < -0.3 is 29.2 Å². The van der Waals surface area contributed by atoms with E-state index in [1.54, 1.807) is 19.2 Å². The number of anilines is 1. The molecule has 0 spiro atoms. The van der Waals surface area contributed by atoms with Crippen molar-refractivity contribution in [1.82, 2.24) is 9.55 Å². The molecule has 3 rings (SSSR count). The van der Waals surface area contributed by atoms with E-state index in [4.69, 9.17) is 14.2 Å². The molecule has 3 aromatic rings. The molecule has 0 bridgehead atoms. The lowest BCUT2D eigenvalue weighted by molar-refractivity contribution is 0.339. The number of methoxy groups -OCH3 is 3. The van der Waals surface area contributed by atoms with Crippen LogP contribution in [0.5, 0.6) is 23.0 Å². The second-order valence-electron chi connectivity index (χ2n) is 5.96. The molecule has 0 unspecified atom stereocenters. The molecule has 0 saturated carbocycles. The van der Waals surface area contributed by atoms with Crippen LogP contribution in [0.15, 0.2) is 42.6 Å². The number of hydrogen-bond acceptors (Lipinski definition) is 6. The van der Waals surface area contributed by atoms with Crippen LogP contribution < -0.4 is 19.5 Å². The lowest BCUT2D eigenvalue weighted by Crippen LogP contribution is -2.06. The van der Waals surface area contributed by atoms with E-state index in [-0.39, 0.29) is 5.75 Å². The lowest BCUT2D eigenvalue weighted by atomic mass is 10.1. The average molecular weight is 369 g/mol. The molecule has 7 heteroatoms. The van der Waals surface area contributed by atoms with Crippen LogP contribution in [-0.4, -0.2) is 36.0 Å². The van der Waals surface area contributed by atoms with Gasteiger partial charge in [-0.2, -0.15) is 0 Å². The number of phenols is 1. The number of aromatic hydroxyl groups is 1. The fourth-order valence-corrected chi connectivity index (χ4v) is 2.83. The van der Waals surface area contributed by atoms with Crippen molar-refractivity contribution in [2.24, 2.45) is 7.05 Å². The van der Waals surface area contributed by atoms with Crippen molar-refractivity contribution in [1.29, 1.82) is 0 Å². The van der Waals surface area contributed by atoms with Gasteiger partial charge in [-0.1, -0.05) is 0 Å². The van der Waals surface area contributed by atoms with Gasteiger partial charge in [0.2, 0.25) is 11.7 Å². The fraction of sp³-hybridized carbons (Fsp3) is 0.250. The van der Waals surface area contributed by atoms with Crippen LogP contribution >= 0.6 is 0 Å². The minimum atomic E-state index is -0.0115. The van der Waals surface area contributed by atoms with E-state index in [0.717, 1.165) is 28.5 Å². The van der Waals surface area contributed by atoms with Crippen molar-refractivity contribution >= 4 is 5.95 Å². The molecule has 0 amide bonds. The Morgan fingerprint density at radius 1 is 1.00 bits per heavy atom. The highest BCUT2D eigenvalue weighted by atomic mass is 16.5. The molecular formula is C20H23N3O4. The maximum atomic E-state index is 10.0. The number of rotatable bonds is 7. The zero-order valence-electron chi connectivity index (χ0n) is 15.8. The van der Waals surface area contributed by atoms with Gasteiger partial charge in [-0.05, 0) is 42.0 Å². The van der Waals surface area contributed by atoms with Crippen LogP contribution in [-0.2, 0) is 13.6 Å². The first-order valence-corrected chi connectivity index (χ1v) is 8.41. The standard InChI is InChI=1S/C20H23N3O4/c1-23-16(14-5-7-15(25-2)8-6-14)12-22-20(23)21-11-13-9-17(26-3)19(24)18(10-13)27-4/h5-10,12,24H,11H2,1-4H3,(H,21,22). The molecule has 2 aromatic carbocycles. The number of nitrogens with zero attached hydrogens (tertiary/aromatic N) is 2. The second-order valence-corrected chi connectivity index (χ2v) is 5.96. The third-order valence-electron chi connectivity index (χ3n) is 4.36. The molecule has 0 aliphatic heterocycles. The predicted octanol–water partition coefficient (Wildman–Crippen LogP) is 3.43. The maximum Gasteiger partial charge on any atom is 0.203 e. The summed E-state index contributed by atoms with van der Waals surface area (Å²) < 4.78 is 17.6.